The first-order valence-corrected chi connectivity index (χ1v) is 6.81. The van der Waals surface area contributed by atoms with Crippen LogP contribution >= 0.6 is 11.5 Å². The van der Waals surface area contributed by atoms with Crippen LogP contribution < -0.4 is 5.73 Å². The van der Waals surface area contributed by atoms with Crippen molar-refractivity contribution in [3.63, 3.8) is 0 Å². The Bertz CT molecular complexity index is 610. The lowest BCUT2D eigenvalue weighted by Gasteiger charge is -2.14. The van der Waals surface area contributed by atoms with Crippen molar-refractivity contribution in [1.29, 1.82) is 0 Å². The van der Waals surface area contributed by atoms with Crippen LogP contribution in [0.4, 0.5) is 5.13 Å². The lowest BCUT2D eigenvalue weighted by molar-refractivity contribution is 0.892. The molecule has 0 aliphatic carbocycles. The first kappa shape index (κ1) is 11.9. The molecule has 4 heteroatoms. The molecule has 2 N–H and O–H groups in total. The van der Waals surface area contributed by atoms with Crippen LogP contribution in [-0.4, -0.2) is 9.36 Å². The summed E-state index contributed by atoms with van der Waals surface area (Å²) in [6.45, 7) is 0. The molecule has 3 nitrogen and oxygen atoms in total. The first-order valence-electron chi connectivity index (χ1n) is 6.03. The van der Waals surface area contributed by atoms with Gasteiger partial charge in [0.2, 0.25) is 0 Å². The van der Waals surface area contributed by atoms with Gasteiger partial charge in [-0.1, -0.05) is 60.7 Å². The van der Waals surface area contributed by atoms with Crippen molar-refractivity contribution in [2.75, 3.05) is 5.73 Å². The summed E-state index contributed by atoms with van der Waals surface area (Å²) in [7, 11) is 0. The average molecular weight is 267 g/mol. The largest absolute Gasteiger partial charge is 0.374 e. The van der Waals surface area contributed by atoms with Crippen LogP contribution in [0.2, 0.25) is 0 Å². The minimum Gasteiger partial charge on any atom is -0.374 e. The molecule has 3 rings (SSSR count). The van der Waals surface area contributed by atoms with E-state index in [9.17, 15) is 0 Å². The van der Waals surface area contributed by atoms with Crippen LogP contribution in [0.5, 0.6) is 0 Å². The Morgan fingerprint density at radius 1 is 0.842 bits per heavy atom. The number of aromatic nitrogens is 2. The highest BCUT2D eigenvalue weighted by molar-refractivity contribution is 7.09. The SMILES string of the molecule is Nc1nc(C(c2ccccc2)c2ccccc2)ns1. The molecular formula is C15H13N3S. The summed E-state index contributed by atoms with van der Waals surface area (Å²) in [6, 6.07) is 20.5. The molecule has 0 amide bonds. The van der Waals surface area contributed by atoms with Crippen molar-refractivity contribution in [2.45, 2.75) is 5.92 Å². The highest BCUT2D eigenvalue weighted by Gasteiger charge is 2.20. The van der Waals surface area contributed by atoms with E-state index in [1.807, 2.05) is 36.4 Å². The van der Waals surface area contributed by atoms with Crippen LogP contribution in [-0.2, 0) is 0 Å². The van der Waals surface area contributed by atoms with E-state index in [-0.39, 0.29) is 5.92 Å². The molecular weight excluding hydrogens is 254 g/mol. The third-order valence-electron chi connectivity index (χ3n) is 2.98. The second-order valence-electron chi connectivity index (χ2n) is 4.25. The minimum absolute atomic E-state index is 0.0379. The topological polar surface area (TPSA) is 51.8 Å². The van der Waals surface area contributed by atoms with Crippen LogP contribution in [0.15, 0.2) is 60.7 Å². The van der Waals surface area contributed by atoms with Gasteiger partial charge in [0.15, 0.2) is 11.0 Å². The molecule has 3 aromatic rings. The fraction of sp³-hybridized carbons (Fsp3) is 0.0667. The van der Waals surface area contributed by atoms with E-state index in [1.165, 1.54) is 22.7 Å². The maximum Gasteiger partial charge on any atom is 0.199 e. The summed E-state index contributed by atoms with van der Waals surface area (Å²) >= 11 is 1.24. The normalized spacial score (nSPS) is 10.8. The van der Waals surface area contributed by atoms with Crippen LogP contribution in [0.3, 0.4) is 0 Å². The van der Waals surface area contributed by atoms with E-state index >= 15 is 0 Å². The highest BCUT2D eigenvalue weighted by atomic mass is 32.1. The summed E-state index contributed by atoms with van der Waals surface area (Å²) in [4.78, 5) is 4.35. The van der Waals surface area contributed by atoms with Gasteiger partial charge in [-0.2, -0.15) is 4.37 Å². The molecule has 0 radical (unpaired) electrons. The molecule has 1 aromatic heterocycles. The number of benzene rings is 2. The monoisotopic (exact) mass is 267 g/mol. The predicted molar refractivity (Wildman–Crippen MR) is 78.2 cm³/mol. The number of nitrogens with zero attached hydrogens (tertiary/aromatic N) is 2. The lowest BCUT2D eigenvalue weighted by atomic mass is 9.91. The van der Waals surface area contributed by atoms with Gasteiger partial charge in [0.05, 0.1) is 5.92 Å². The fourth-order valence-corrected chi connectivity index (χ4v) is 2.61. The Balaban J connectivity index is 2.11. The molecule has 0 bridgehead atoms. The van der Waals surface area contributed by atoms with Crippen molar-refractivity contribution < 1.29 is 0 Å². The number of nitrogen functional groups attached to an aromatic ring is 1. The molecule has 0 atom stereocenters. The summed E-state index contributed by atoms with van der Waals surface area (Å²) in [5, 5.41) is 0.506. The molecule has 0 fully saturated rings. The van der Waals surface area contributed by atoms with Gasteiger partial charge in [0.1, 0.15) is 0 Å². The Hall–Kier alpha value is -2.20. The van der Waals surface area contributed by atoms with Crippen molar-refractivity contribution in [2.24, 2.45) is 0 Å². The molecule has 0 spiro atoms. The third kappa shape index (κ3) is 2.48. The van der Waals surface area contributed by atoms with Crippen LogP contribution in [0.25, 0.3) is 0 Å². The second-order valence-corrected chi connectivity index (χ2v) is 5.03. The number of anilines is 1. The Morgan fingerprint density at radius 2 is 1.37 bits per heavy atom. The van der Waals surface area contributed by atoms with E-state index in [4.69, 9.17) is 5.73 Å². The number of hydrogen-bond acceptors (Lipinski definition) is 4. The molecule has 94 valence electrons. The Kier molecular flexibility index (Phi) is 3.25. The molecule has 1 heterocycles. The molecule has 0 saturated heterocycles. The third-order valence-corrected chi connectivity index (χ3v) is 3.54. The minimum atomic E-state index is 0.0379. The van der Waals surface area contributed by atoms with Crippen molar-refractivity contribution in [3.05, 3.63) is 77.6 Å². The van der Waals surface area contributed by atoms with E-state index in [1.54, 1.807) is 0 Å². The van der Waals surface area contributed by atoms with Gasteiger partial charge in [0, 0.05) is 11.5 Å². The molecule has 0 aliphatic rings. The second kappa shape index (κ2) is 5.20. The average Bonchev–Trinajstić information content (AvgIpc) is 2.88. The molecule has 2 aromatic carbocycles. The van der Waals surface area contributed by atoms with Gasteiger partial charge in [-0.3, -0.25) is 0 Å². The smallest absolute Gasteiger partial charge is 0.199 e. The predicted octanol–water partition coefficient (Wildman–Crippen LogP) is 3.30. The maximum absolute atomic E-state index is 5.72. The summed E-state index contributed by atoms with van der Waals surface area (Å²) in [5.74, 6) is 0.802. The van der Waals surface area contributed by atoms with Crippen molar-refractivity contribution >= 4 is 16.7 Å². The first-order chi connectivity index (χ1) is 9.34. The fourth-order valence-electron chi connectivity index (χ4n) is 2.15. The van der Waals surface area contributed by atoms with Gasteiger partial charge < -0.3 is 5.73 Å². The molecule has 0 unspecified atom stereocenters. The van der Waals surface area contributed by atoms with E-state index in [0.717, 1.165) is 5.82 Å². The lowest BCUT2D eigenvalue weighted by Crippen LogP contribution is -2.05. The summed E-state index contributed by atoms with van der Waals surface area (Å²) in [5.41, 5.74) is 8.06. The Labute approximate surface area is 115 Å². The highest BCUT2D eigenvalue weighted by Crippen LogP contribution is 2.30. The number of rotatable bonds is 3. The summed E-state index contributed by atoms with van der Waals surface area (Å²) < 4.78 is 4.37. The standard InChI is InChI=1S/C15H13N3S/c16-15-17-14(18-19-15)13(11-7-3-1-4-8-11)12-9-5-2-6-10-12/h1-10,13H,(H2,16,17,18). The van der Waals surface area contributed by atoms with Crippen LogP contribution in [0, 0.1) is 0 Å². The number of nitrogens with two attached hydrogens (primary N) is 1. The Morgan fingerprint density at radius 3 is 1.79 bits per heavy atom. The maximum atomic E-state index is 5.72. The van der Waals surface area contributed by atoms with Crippen LogP contribution in [0.1, 0.15) is 22.9 Å². The van der Waals surface area contributed by atoms with Gasteiger partial charge in [-0.15, -0.1) is 0 Å². The molecule has 0 saturated carbocycles. The van der Waals surface area contributed by atoms with E-state index in [2.05, 4.69) is 33.6 Å². The number of hydrogen-bond donors (Lipinski definition) is 1. The summed E-state index contributed by atoms with van der Waals surface area (Å²) in [6.07, 6.45) is 0. The zero-order valence-corrected chi connectivity index (χ0v) is 11.0. The molecule has 0 aliphatic heterocycles. The van der Waals surface area contributed by atoms with E-state index in [0.29, 0.717) is 5.13 Å². The van der Waals surface area contributed by atoms with Crippen molar-refractivity contribution in [3.8, 4) is 0 Å². The zero-order valence-electron chi connectivity index (χ0n) is 10.2. The quantitative estimate of drug-likeness (QED) is 0.792. The van der Waals surface area contributed by atoms with Gasteiger partial charge in [0.25, 0.3) is 0 Å². The van der Waals surface area contributed by atoms with Gasteiger partial charge >= 0.3 is 0 Å². The van der Waals surface area contributed by atoms with Crippen molar-refractivity contribution in [1.82, 2.24) is 9.36 Å². The van der Waals surface area contributed by atoms with E-state index < -0.39 is 0 Å². The van der Waals surface area contributed by atoms with Gasteiger partial charge in [-0.25, -0.2) is 4.98 Å². The van der Waals surface area contributed by atoms with Gasteiger partial charge in [-0.05, 0) is 11.1 Å². The zero-order chi connectivity index (χ0) is 13.1. The molecule has 19 heavy (non-hydrogen) atoms.